The highest BCUT2D eigenvalue weighted by molar-refractivity contribution is 5.66. The summed E-state index contributed by atoms with van der Waals surface area (Å²) in [4.78, 5) is 10.5. The van der Waals surface area contributed by atoms with Crippen LogP contribution in [0.1, 0.15) is 103 Å². The molecule has 0 bridgehead atoms. The van der Waals surface area contributed by atoms with E-state index in [1.54, 1.807) is 0 Å². The average Bonchev–Trinajstić information content (AvgIpc) is 2.98. The van der Waals surface area contributed by atoms with Crippen molar-refractivity contribution in [3.05, 3.63) is 12.2 Å². The topological polar surface area (TPSA) is 77.8 Å². The summed E-state index contributed by atoms with van der Waals surface area (Å²) in [6.45, 7) is 2.21. The van der Waals surface area contributed by atoms with E-state index in [9.17, 15) is 15.0 Å². The zero-order valence-corrected chi connectivity index (χ0v) is 17.3. The number of unbranched alkanes of at least 4 members (excludes halogenated alkanes) is 8. The Labute approximate surface area is 166 Å². The van der Waals surface area contributed by atoms with Gasteiger partial charge in [-0.25, -0.2) is 0 Å². The van der Waals surface area contributed by atoms with E-state index in [0.29, 0.717) is 11.8 Å². The molecular formula is C23H42O4. The van der Waals surface area contributed by atoms with Gasteiger partial charge in [-0.2, -0.15) is 0 Å². The Kier molecular flexibility index (Phi) is 13.5. The third kappa shape index (κ3) is 11.5. The molecule has 0 saturated heterocycles. The van der Waals surface area contributed by atoms with Crippen LogP contribution in [0.4, 0.5) is 0 Å². The van der Waals surface area contributed by atoms with E-state index in [0.717, 1.165) is 64.2 Å². The second kappa shape index (κ2) is 15.1. The standard InChI is InChI=1S/C23H42O4/c1-2-3-4-6-9-12-20(24)17-15-19-16-18-22(25)21(19)13-10-7-5-8-11-14-23(26)27/h15,17,19-22,24-25H,2-14,16,18H2,1H3,(H,26,27). The van der Waals surface area contributed by atoms with Crippen molar-refractivity contribution in [2.45, 2.75) is 115 Å². The van der Waals surface area contributed by atoms with E-state index in [4.69, 9.17) is 5.11 Å². The lowest BCUT2D eigenvalue weighted by molar-refractivity contribution is -0.137. The Hall–Kier alpha value is -0.870. The van der Waals surface area contributed by atoms with Gasteiger partial charge in [0, 0.05) is 6.42 Å². The molecule has 0 radical (unpaired) electrons. The first-order valence-corrected chi connectivity index (χ1v) is 11.3. The molecule has 158 valence electrons. The minimum Gasteiger partial charge on any atom is -0.481 e. The Bertz CT molecular complexity index is 407. The number of aliphatic hydroxyl groups is 2. The number of carbonyl (C=O) groups is 1. The zero-order valence-electron chi connectivity index (χ0n) is 17.3. The van der Waals surface area contributed by atoms with Crippen LogP contribution in [0.5, 0.6) is 0 Å². The van der Waals surface area contributed by atoms with Crippen LogP contribution in [0.2, 0.25) is 0 Å². The van der Waals surface area contributed by atoms with Crippen molar-refractivity contribution in [3.8, 4) is 0 Å². The molecule has 4 unspecified atom stereocenters. The highest BCUT2D eigenvalue weighted by Gasteiger charge is 2.32. The van der Waals surface area contributed by atoms with Gasteiger partial charge in [-0.1, -0.05) is 76.9 Å². The van der Waals surface area contributed by atoms with E-state index in [-0.39, 0.29) is 18.6 Å². The van der Waals surface area contributed by atoms with E-state index < -0.39 is 5.97 Å². The molecule has 1 aliphatic carbocycles. The Morgan fingerprint density at radius 3 is 2.41 bits per heavy atom. The number of allylic oxidation sites excluding steroid dienone is 1. The molecule has 1 fully saturated rings. The minimum atomic E-state index is -0.707. The number of carboxylic acid groups (broad SMARTS) is 1. The van der Waals surface area contributed by atoms with Crippen LogP contribution >= 0.6 is 0 Å². The number of aliphatic hydroxyl groups excluding tert-OH is 2. The third-order valence-corrected chi connectivity index (χ3v) is 5.95. The molecule has 0 amide bonds. The Morgan fingerprint density at radius 1 is 1.00 bits per heavy atom. The molecule has 3 N–H and O–H groups in total. The van der Waals surface area contributed by atoms with Gasteiger partial charge in [0.25, 0.3) is 0 Å². The zero-order chi connectivity index (χ0) is 19.9. The normalized spacial score (nSPS) is 23.9. The van der Waals surface area contributed by atoms with Crippen LogP contribution in [-0.2, 0) is 4.79 Å². The summed E-state index contributed by atoms with van der Waals surface area (Å²) in [5.41, 5.74) is 0. The van der Waals surface area contributed by atoms with E-state index in [1.165, 1.54) is 25.7 Å². The van der Waals surface area contributed by atoms with Crippen molar-refractivity contribution in [1.82, 2.24) is 0 Å². The van der Waals surface area contributed by atoms with Crippen LogP contribution in [-0.4, -0.2) is 33.5 Å². The molecule has 0 aromatic rings. The van der Waals surface area contributed by atoms with Crippen molar-refractivity contribution in [3.63, 3.8) is 0 Å². The van der Waals surface area contributed by atoms with Gasteiger partial charge < -0.3 is 15.3 Å². The lowest BCUT2D eigenvalue weighted by Gasteiger charge is -2.20. The number of hydrogen-bond acceptors (Lipinski definition) is 3. The number of hydrogen-bond donors (Lipinski definition) is 3. The molecule has 0 heterocycles. The first-order chi connectivity index (χ1) is 13.0. The fourth-order valence-electron chi connectivity index (χ4n) is 4.23. The van der Waals surface area contributed by atoms with E-state index >= 15 is 0 Å². The summed E-state index contributed by atoms with van der Waals surface area (Å²) in [5.74, 6) is 0.000583. The second-order valence-corrected chi connectivity index (χ2v) is 8.33. The van der Waals surface area contributed by atoms with Gasteiger partial charge in [-0.3, -0.25) is 4.79 Å². The molecule has 1 rings (SSSR count). The number of carboxylic acids is 1. The van der Waals surface area contributed by atoms with Gasteiger partial charge in [-0.05, 0) is 43.9 Å². The highest BCUT2D eigenvalue weighted by Crippen LogP contribution is 2.37. The molecule has 4 atom stereocenters. The highest BCUT2D eigenvalue weighted by atomic mass is 16.4. The first kappa shape index (κ1) is 24.2. The summed E-state index contributed by atoms with van der Waals surface area (Å²) < 4.78 is 0. The summed E-state index contributed by atoms with van der Waals surface area (Å²) >= 11 is 0. The van der Waals surface area contributed by atoms with Gasteiger partial charge >= 0.3 is 5.97 Å². The molecule has 0 aromatic heterocycles. The third-order valence-electron chi connectivity index (χ3n) is 5.95. The minimum absolute atomic E-state index is 0.210. The predicted octanol–water partition coefficient (Wildman–Crippen LogP) is 5.47. The number of rotatable bonds is 16. The molecule has 0 aliphatic heterocycles. The van der Waals surface area contributed by atoms with Crippen LogP contribution in [0.3, 0.4) is 0 Å². The van der Waals surface area contributed by atoms with Crippen molar-refractivity contribution in [2.75, 3.05) is 0 Å². The molecule has 0 spiro atoms. The fraction of sp³-hybridized carbons (Fsp3) is 0.870. The van der Waals surface area contributed by atoms with Gasteiger partial charge in [0.1, 0.15) is 0 Å². The predicted molar refractivity (Wildman–Crippen MR) is 111 cm³/mol. The van der Waals surface area contributed by atoms with Crippen LogP contribution in [0, 0.1) is 11.8 Å². The lowest BCUT2D eigenvalue weighted by Crippen LogP contribution is -2.18. The van der Waals surface area contributed by atoms with Crippen molar-refractivity contribution < 1.29 is 20.1 Å². The molecular weight excluding hydrogens is 340 g/mol. The van der Waals surface area contributed by atoms with Gasteiger partial charge in [0.2, 0.25) is 0 Å². The Balaban J connectivity index is 2.20. The molecule has 1 saturated carbocycles. The van der Waals surface area contributed by atoms with Gasteiger partial charge in [0.05, 0.1) is 12.2 Å². The van der Waals surface area contributed by atoms with E-state index in [1.807, 2.05) is 6.08 Å². The molecule has 4 heteroatoms. The molecule has 27 heavy (non-hydrogen) atoms. The van der Waals surface area contributed by atoms with Crippen LogP contribution < -0.4 is 0 Å². The lowest BCUT2D eigenvalue weighted by atomic mass is 9.88. The van der Waals surface area contributed by atoms with Gasteiger partial charge in [-0.15, -0.1) is 0 Å². The Morgan fingerprint density at radius 2 is 1.67 bits per heavy atom. The maximum absolute atomic E-state index is 10.5. The van der Waals surface area contributed by atoms with Crippen molar-refractivity contribution in [2.24, 2.45) is 11.8 Å². The molecule has 1 aliphatic rings. The van der Waals surface area contributed by atoms with Crippen molar-refractivity contribution in [1.29, 1.82) is 0 Å². The maximum Gasteiger partial charge on any atom is 0.303 e. The smallest absolute Gasteiger partial charge is 0.303 e. The van der Waals surface area contributed by atoms with Crippen LogP contribution in [0.15, 0.2) is 12.2 Å². The largest absolute Gasteiger partial charge is 0.481 e. The number of aliphatic carboxylic acids is 1. The van der Waals surface area contributed by atoms with Crippen LogP contribution in [0.25, 0.3) is 0 Å². The summed E-state index contributed by atoms with van der Waals surface area (Å²) in [7, 11) is 0. The maximum atomic E-state index is 10.5. The first-order valence-electron chi connectivity index (χ1n) is 11.3. The summed E-state index contributed by atoms with van der Waals surface area (Å²) in [6, 6.07) is 0. The SMILES string of the molecule is CCCCCCCC(O)C=CC1CCC(O)C1CCCCCCCC(=O)O. The summed E-state index contributed by atoms with van der Waals surface area (Å²) in [5, 5.41) is 29.1. The molecule has 4 nitrogen and oxygen atoms in total. The van der Waals surface area contributed by atoms with Crippen molar-refractivity contribution >= 4 is 5.97 Å². The average molecular weight is 383 g/mol. The van der Waals surface area contributed by atoms with E-state index in [2.05, 4.69) is 13.0 Å². The molecule has 0 aromatic carbocycles. The van der Waals surface area contributed by atoms with Gasteiger partial charge in [0.15, 0.2) is 0 Å². The fourth-order valence-corrected chi connectivity index (χ4v) is 4.23. The second-order valence-electron chi connectivity index (χ2n) is 8.33. The summed E-state index contributed by atoms with van der Waals surface area (Å²) in [6.07, 6.45) is 18.7. The quantitative estimate of drug-likeness (QED) is 0.244. The monoisotopic (exact) mass is 382 g/mol.